The number of hydrogen-bond acceptors (Lipinski definition) is 5. The van der Waals surface area contributed by atoms with Gasteiger partial charge < -0.3 is 10.1 Å². The highest BCUT2D eigenvalue weighted by atomic mass is 32.1. The van der Waals surface area contributed by atoms with Crippen LogP contribution in [0.1, 0.15) is 36.0 Å². The Hall–Kier alpha value is -1.95. The molecule has 2 aromatic heterocycles. The Labute approximate surface area is 122 Å². The van der Waals surface area contributed by atoms with Gasteiger partial charge in [0.1, 0.15) is 11.2 Å². The van der Waals surface area contributed by atoms with Gasteiger partial charge in [-0.15, -0.1) is 11.3 Å². The average Bonchev–Trinajstić information content (AvgIpc) is 2.82. The topological polar surface area (TPSA) is 64.1 Å². The maximum atomic E-state index is 12.2. The zero-order valence-corrected chi connectivity index (χ0v) is 12.5. The molecule has 2 aromatic rings. The number of hydrogen-bond donors (Lipinski definition) is 1. The van der Waals surface area contributed by atoms with Crippen molar-refractivity contribution in [2.24, 2.45) is 0 Å². The Morgan fingerprint density at radius 3 is 2.70 bits per heavy atom. The molecule has 0 spiro atoms. The van der Waals surface area contributed by atoms with Crippen LogP contribution in [0.15, 0.2) is 24.1 Å². The van der Waals surface area contributed by atoms with E-state index in [1.165, 1.54) is 17.7 Å². The third kappa shape index (κ3) is 3.33. The molecule has 0 unspecified atom stereocenters. The van der Waals surface area contributed by atoms with Gasteiger partial charge in [0.05, 0.1) is 12.4 Å². The number of amides is 1. The van der Waals surface area contributed by atoms with Gasteiger partial charge in [-0.05, 0) is 25.6 Å². The van der Waals surface area contributed by atoms with Crippen LogP contribution in [0.3, 0.4) is 0 Å². The lowest BCUT2D eigenvalue weighted by Gasteiger charge is -2.10. The van der Waals surface area contributed by atoms with Crippen molar-refractivity contribution in [2.45, 2.75) is 33.2 Å². The predicted octanol–water partition coefficient (Wildman–Crippen LogP) is 3.03. The molecule has 0 aliphatic heterocycles. The molecule has 0 aliphatic carbocycles. The fourth-order valence-electron chi connectivity index (χ4n) is 1.68. The van der Waals surface area contributed by atoms with Crippen LogP contribution in [0.5, 0.6) is 11.5 Å². The molecule has 0 aliphatic rings. The fourth-order valence-corrected chi connectivity index (χ4v) is 2.66. The number of aryl methyl sites for hydroxylation is 1. The standard InChI is InChI=1S/C14H17N3O2S/c1-4-10-7-20-13(14(18)17-9(2)3)12(10)19-11-5-15-8-16-6-11/h5-9H,4H2,1-3H3,(H,17,18). The Bertz CT molecular complexity index is 581. The summed E-state index contributed by atoms with van der Waals surface area (Å²) in [4.78, 5) is 20.6. The van der Waals surface area contributed by atoms with E-state index in [0.717, 1.165) is 12.0 Å². The molecule has 1 N–H and O–H groups in total. The van der Waals surface area contributed by atoms with Crippen LogP contribution in [0, 0.1) is 0 Å². The first-order valence-electron chi connectivity index (χ1n) is 6.46. The van der Waals surface area contributed by atoms with Gasteiger partial charge >= 0.3 is 0 Å². The van der Waals surface area contributed by atoms with E-state index in [-0.39, 0.29) is 11.9 Å². The third-order valence-corrected chi connectivity index (χ3v) is 3.59. The molecule has 0 saturated heterocycles. The number of aromatic nitrogens is 2. The molecule has 0 bridgehead atoms. The van der Waals surface area contributed by atoms with Crippen molar-refractivity contribution < 1.29 is 9.53 Å². The first-order valence-corrected chi connectivity index (χ1v) is 7.33. The molecule has 2 rings (SSSR count). The Morgan fingerprint density at radius 2 is 2.10 bits per heavy atom. The van der Waals surface area contributed by atoms with Gasteiger partial charge in [-0.25, -0.2) is 9.97 Å². The van der Waals surface area contributed by atoms with Crippen molar-refractivity contribution in [1.29, 1.82) is 0 Å². The molecular formula is C14H17N3O2S. The first kappa shape index (κ1) is 14.5. The van der Waals surface area contributed by atoms with E-state index in [0.29, 0.717) is 16.4 Å². The van der Waals surface area contributed by atoms with Crippen molar-refractivity contribution in [3.05, 3.63) is 34.5 Å². The van der Waals surface area contributed by atoms with Crippen LogP contribution in [0.4, 0.5) is 0 Å². The lowest BCUT2D eigenvalue weighted by Crippen LogP contribution is -2.29. The number of carbonyl (C=O) groups excluding carboxylic acids is 1. The van der Waals surface area contributed by atoms with Crippen molar-refractivity contribution in [1.82, 2.24) is 15.3 Å². The molecule has 106 valence electrons. The molecule has 2 heterocycles. The van der Waals surface area contributed by atoms with Crippen LogP contribution < -0.4 is 10.1 Å². The monoisotopic (exact) mass is 291 g/mol. The number of thiophene rings is 1. The maximum Gasteiger partial charge on any atom is 0.265 e. The second-order valence-corrected chi connectivity index (χ2v) is 5.46. The molecule has 5 nitrogen and oxygen atoms in total. The van der Waals surface area contributed by atoms with Gasteiger partial charge in [0.2, 0.25) is 0 Å². The minimum absolute atomic E-state index is 0.0857. The SMILES string of the molecule is CCc1csc(C(=O)NC(C)C)c1Oc1cncnc1. The van der Waals surface area contributed by atoms with Crippen LogP contribution in [-0.4, -0.2) is 21.9 Å². The van der Waals surface area contributed by atoms with E-state index >= 15 is 0 Å². The van der Waals surface area contributed by atoms with Crippen LogP contribution >= 0.6 is 11.3 Å². The van der Waals surface area contributed by atoms with E-state index < -0.39 is 0 Å². The zero-order valence-electron chi connectivity index (χ0n) is 11.7. The van der Waals surface area contributed by atoms with Crippen molar-refractivity contribution >= 4 is 17.2 Å². The van der Waals surface area contributed by atoms with Crippen LogP contribution in [0.25, 0.3) is 0 Å². The quantitative estimate of drug-likeness (QED) is 0.919. The highest BCUT2D eigenvalue weighted by Crippen LogP contribution is 2.34. The Morgan fingerprint density at radius 1 is 1.40 bits per heavy atom. The summed E-state index contributed by atoms with van der Waals surface area (Å²) in [7, 11) is 0. The molecular weight excluding hydrogens is 274 g/mol. The normalized spacial score (nSPS) is 10.6. The lowest BCUT2D eigenvalue weighted by atomic mass is 10.2. The van der Waals surface area contributed by atoms with Gasteiger partial charge in [-0.1, -0.05) is 6.92 Å². The number of nitrogens with zero attached hydrogens (tertiary/aromatic N) is 2. The van der Waals surface area contributed by atoms with Gasteiger partial charge in [0, 0.05) is 11.6 Å². The largest absolute Gasteiger partial charge is 0.452 e. The maximum absolute atomic E-state index is 12.2. The third-order valence-electron chi connectivity index (χ3n) is 2.58. The summed E-state index contributed by atoms with van der Waals surface area (Å²) in [5.41, 5.74) is 1.01. The van der Waals surface area contributed by atoms with E-state index in [1.54, 1.807) is 12.4 Å². The number of carbonyl (C=O) groups is 1. The smallest absolute Gasteiger partial charge is 0.265 e. The molecule has 20 heavy (non-hydrogen) atoms. The fraction of sp³-hybridized carbons (Fsp3) is 0.357. The van der Waals surface area contributed by atoms with Gasteiger partial charge in [-0.2, -0.15) is 0 Å². The second kappa shape index (κ2) is 6.47. The summed E-state index contributed by atoms with van der Waals surface area (Å²) in [6.45, 7) is 5.89. The summed E-state index contributed by atoms with van der Waals surface area (Å²) < 4.78 is 5.80. The zero-order chi connectivity index (χ0) is 14.5. The molecule has 0 radical (unpaired) electrons. The summed E-state index contributed by atoms with van der Waals surface area (Å²) in [6, 6.07) is 0.0857. The Balaban J connectivity index is 2.30. The molecule has 0 saturated carbocycles. The molecule has 0 aromatic carbocycles. The summed E-state index contributed by atoms with van der Waals surface area (Å²) in [6.07, 6.45) is 5.39. The number of nitrogens with one attached hydrogen (secondary N) is 1. The highest BCUT2D eigenvalue weighted by molar-refractivity contribution is 7.12. The van der Waals surface area contributed by atoms with E-state index in [1.807, 2.05) is 26.2 Å². The Kier molecular flexibility index (Phi) is 4.68. The number of ether oxygens (including phenoxy) is 1. The minimum atomic E-state index is -0.114. The highest BCUT2D eigenvalue weighted by Gasteiger charge is 2.20. The minimum Gasteiger partial charge on any atom is -0.452 e. The van der Waals surface area contributed by atoms with Crippen molar-refractivity contribution in [3.8, 4) is 11.5 Å². The van der Waals surface area contributed by atoms with E-state index in [4.69, 9.17) is 4.74 Å². The van der Waals surface area contributed by atoms with Crippen molar-refractivity contribution in [3.63, 3.8) is 0 Å². The van der Waals surface area contributed by atoms with E-state index in [2.05, 4.69) is 15.3 Å². The number of rotatable bonds is 5. The average molecular weight is 291 g/mol. The molecule has 0 atom stereocenters. The molecule has 6 heteroatoms. The predicted molar refractivity (Wildman–Crippen MR) is 78.4 cm³/mol. The van der Waals surface area contributed by atoms with Crippen LogP contribution in [-0.2, 0) is 6.42 Å². The van der Waals surface area contributed by atoms with Crippen molar-refractivity contribution in [2.75, 3.05) is 0 Å². The summed E-state index contributed by atoms with van der Waals surface area (Å²) >= 11 is 1.39. The van der Waals surface area contributed by atoms with Gasteiger partial charge in [0.15, 0.2) is 11.5 Å². The molecule has 0 fully saturated rings. The second-order valence-electron chi connectivity index (χ2n) is 4.58. The first-order chi connectivity index (χ1) is 9.61. The van der Waals surface area contributed by atoms with Crippen LogP contribution in [0.2, 0.25) is 0 Å². The van der Waals surface area contributed by atoms with Gasteiger partial charge in [-0.3, -0.25) is 4.79 Å². The lowest BCUT2D eigenvalue weighted by molar-refractivity contribution is 0.0945. The summed E-state index contributed by atoms with van der Waals surface area (Å²) in [5, 5.41) is 4.84. The summed E-state index contributed by atoms with van der Waals surface area (Å²) in [5.74, 6) is 1.01. The molecule has 1 amide bonds. The van der Waals surface area contributed by atoms with Gasteiger partial charge in [0.25, 0.3) is 5.91 Å². The van der Waals surface area contributed by atoms with E-state index in [9.17, 15) is 4.79 Å².